The molecule has 0 aromatic carbocycles. The maximum absolute atomic E-state index is 12.4. The van der Waals surface area contributed by atoms with Gasteiger partial charge in [-0.2, -0.15) is 0 Å². The molecule has 0 radical (unpaired) electrons. The summed E-state index contributed by atoms with van der Waals surface area (Å²) in [6, 6.07) is -0.232. The average Bonchev–Trinajstić information content (AvgIpc) is 2.44. The van der Waals surface area contributed by atoms with Gasteiger partial charge in [0.2, 0.25) is 5.91 Å². The fourth-order valence-electron chi connectivity index (χ4n) is 3.18. The molecule has 1 saturated heterocycles. The van der Waals surface area contributed by atoms with Crippen LogP contribution < -0.4 is 5.73 Å². The van der Waals surface area contributed by atoms with Crippen LogP contribution in [-0.2, 0) is 9.53 Å². The number of carbonyl (C=O) groups excluding carboxylic acids is 1. The summed E-state index contributed by atoms with van der Waals surface area (Å²) in [6.07, 6.45) is 5.63. The molecule has 1 amide bonds. The summed E-state index contributed by atoms with van der Waals surface area (Å²) in [6.45, 7) is 3.44. The van der Waals surface area contributed by atoms with E-state index in [2.05, 4.69) is 5.16 Å². The third-order valence-electron chi connectivity index (χ3n) is 4.34. The number of nitrogens with two attached hydrogens (primary N) is 1. The van der Waals surface area contributed by atoms with Gasteiger partial charge >= 0.3 is 0 Å². The smallest absolute Gasteiger partial charge is 0.223 e. The van der Waals surface area contributed by atoms with E-state index in [0.29, 0.717) is 25.0 Å². The predicted octanol–water partition coefficient (Wildman–Crippen LogP) is 1.32. The number of likely N-dealkylation sites (tertiary alicyclic amines) is 1. The number of ether oxygens (including phenoxy) is 1. The van der Waals surface area contributed by atoms with Crippen LogP contribution in [-0.4, -0.2) is 47.1 Å². The number of amidine groups is 1. The minimum atomic E-state index is -0.232. The van der Waals surface area contributed by atoms with Crippen LogP contribution in [0.4, 0.5) is 0 Å². The maximum atomic E-state index is 12.4. The van der Waals surface area contributed by atoms with Crippen LogP contribution in [0.2, 0.25) is 0 Å². The molecule has 0 spiro atoms. The highest BCUT2D eigenvalue weighted by Gasteiger charge is 2.35. The van der Waals surface area contributed by atoms with Crippen molar-refractivity contribution in [1.29, 1.82) is 0 Å². The van der Waals surface area contributed by atoms with Gasteiger partial charge in [-0.05, 0) is 44.9 Å². The Morgan fingerprint density at radius 2 is 2.20 bits per heavy atom. The Bertz CT molecular complexity index is 367. The lowest BCUT2D eigenvalue weighted by molar-refractivity contribution is -0.136. The van der Waals surface area contributed by atoms with Crippen LogP contribution in [0.5, 0.6) is 0 Å². The second-order valence-electron chi connectivity index (χ2n) is 5.74. The topological polar surface area (TPSA) is 88.2 Å². The van der Waals surface area contributed by atoms with Crippen LogP contribution in [0.15, 0.2) is 5.16 Å². The van der Waals surface area contributed by atoms with Crippen molar-refractivity contribution in [3.05, 3.63) is 0 Å². The Hall–Kier alpha value is -1.30. The monoisotopic (exact) mass is 283 g/mol. The van der Waals surface area contributed by atoms with Gasteiger partial charge in [0.15, 0.2) is 5.84 Å². The number of amides is 1. The zero-order valence-electron chi connectivity index (χ0n) is 12.1. The first-order valence-electron chi connectivity index (χ1n) is 7.54. The number of carbonyl (C=O) groups is 1. The largest absolute Gasteiger partial charge is 0.409 e. The van der Waals surface area contributed by atoms with Gasteiger partial charge in [-0.15, -0.1) is 0 Å². The van der Waals surface area contributed by atoms with Crippen LogP contribution in [0, 0.1) is 5.92 Å². The van der Waals surface area contributed by atoms with Crippen molar-refractivity contribution in [2.24, 2.45) is 16.8 Å². The van der Waals surface area contributed by atoms with E-state index in [1.54, 1.807) is 4.90 Å². The van der Waals surface area contributed by atoms with Crippen molar-refractivity contribution < 1.29 is 14.7 Å². The Balaban J connectivity index is 1.84. The normalized spacial score (nSPS) is 30.9. The van der Waals surface area contributed by atoms with Gasteiger partial charge in [-0.25, -0.2) is 0 Å². The number of hydrogen-bond donors (Lipinski definition) is 2. The molecule has 1 aliphatic carbocycles. The molecular formula is C14H25N3O3. The van der Waals surface area contributed by atoms with E-state index in [4.69, 9.17) is 15.7 Å². The number of oxime groups is 1. The molecule has 1 aliphatic heterocycles. The Kier molecular flexibility index (Phi) is 5.23. The number of hydrogen-bond acceptors (Lipinski definition) is 4. The van der Waals surface area contributed by atoms with Gasteiger partial charge in [0, 0.05) is 19.6 Å². The molecule has 6 nitrogen and oxygen atoms in total. The molecule has 2 rings (SSSR count). The van der Waals surface area contributed by atoms with Gasteiger partial charge in [-0.3, -0.25) is 4.79 Å². The maximum Gasteiger partial charge on any atom is 0.223 e. The predicted molar refractivity (Wildman–Crippen MR) is 75.5 cm³/mol. The first-order valence-corrected chi connectivity index (χ1v) is 7.54. The summed E-state index contributed by atoms with van der Waals surface area (Å²) >= 11 is 0. The van der Waals surface area contributed by atoms with Gasteiger partial charge in [0.05, 0.1) is 12.1 Å². The number of piperidine rings is 1. The van der Waals surface area contributed by atoms with Gasteiger partial charge in [0.25, 0.3) is 0 Å². The molecule has 1 heterocycles. The minimum absolute atomic E-state index is 0.126. The second kappa shape index (κ2) is 6.92. The third-order valence-corrected chi connectivity index (χ3v) is 4.34. The van der Waals surface area contributed by atoms with Gasteiger partial charge in [-0.1, -0.05) is 5.16 Å². The highest BCUT2D eigenvalue weighted by atomic mass is 16.5. The zero-order chi connectivity index (χ0) is 14.5. The van der Waals surface area contributed by atoms with Crippen molar-refractivity contribution in [3.8, 4) is 0 Å². The Morgan fingerprint density at radius 3 is 2.85 bits per heavy atom. The van der Waals surface area contributed by atoms with Crippen molar-refractivity contribution in [2.75, 3.05) is 13.2 Å². The highest BCUT2D eigenvalue weighted by molar-refractivity contribution is 5.90. The van der Waals surface area contributed by atoms with Crippen molar-refractivity contribution in [1.82, 2.24) is 4.90 Å². The lowest BCUT2D eigenvalue weighted by atomic mass is 9.79. The van der Waals surface area contributed by atoms with Crippen LogP contribution in [0.25, 0.3) is 0 Å². The van der Waals surface area contributed by atoms with E-state index in [0.717, 1.165) is 38.7 Å². The molecule has 0 aromatic rings. The summed E-state index contributed by atoms with van der Waals surface area (Å²) in [7, 11) is 0. The average molecular weight is 283 g/mol. The molecule has 20 heavy (non-hydrogen) atoms. The SMILES string of the molecule is CCOC1CC(CC(=O)N2CCCCC2C(N)=NO)C1. The minimum Gasteiger partial charge on any atom is -0.409 e. The highest BCUT2D eigenvalue weighted by Crippen LogP contribution is 2.33. The Labute approximate surface area is 119 Å². The van der Waals surface area contributed by atoms with E-state index in [9.17, 15) is 4.79 Å². The molecule has 3 N–H and O–H groups in total. The standard InChI is InChI=1S/C14H25N3O3/c1-2-20-11-7-10(8-11)9-13(18)17-6-4-3-5-12(17)14(15)16-19/h10-12,19H,2-9H2,1H3,(H2,15,16). The first-order chi connectivity index (χ1) is 9.65. The second-order valence-corrected chi connectivity index (χ2v) is 5.74. The van der Waals surface area contributed by atoms with Gasteiger partial charge in [0.1, 0.15) is 0 Å². The lowest BCUT2D eigenvalue weighted by Gasteiger charge is -2.39. The van der Waals surface area contributed by atoms with Crippen LogP contribution >= 0.6 is 0 Å². The molecule has 2 fully saturated rings. The summed E-state index contributed by atoms with van der Waals surface area (Å²) < 4.78 is 5.51. The van der Waals surface area contributed by atoms with Crippen LogP contribution in [0.1, 0.15) is 45.4 Å². The van der Waals surface area contributed by atoms with E-state index < -0.39 is 0 Å². The van der Waals surface area contributed by atoms with E-state index in [-0.39, 0.29) is 17.8 Å². The number of rotatable bonds is 5. The first kappa shape index (κ1) is 15.1. The summed E-state index contributed by atoms with van der Waals surface area (Å²) in [4.78, 5) is 14.2. The molecule has 2 aliphatic rings. The zero-order valence-corrected chi connectivity index (χ0v) is 12.1. The number of nitrogens with zero attached hydrogens (tertiary/aromatic N) is 2. The molecule has 1 unspecified atom stereocenters. The molecule has 114 valence electrons. The molecular weight excluding hydrogens is 258 g/mol. The fraction of sp³-hybridized carbons (Fsp3) is 0.857. The summed E-state index contributed by atoms with van der Waals surface area (Å²) in [5.41, 5.74) is 5.70. The van der Waals surface area contributed by atoms with Crippen molar-refractivity contribution >= 4 is 11.7 Å². The van der Waals surface area contributed by atoms with Gasteiger partial charge < -0.3 is 20.6 Å². The molecule has 1 atom stereocenters. The third kappa shape index (κ3) is 3.42. The molecule has 0 bridgehead atoms. The summed E-state index contributed by atoms with van der Waals surface area (Å²) in [5, 5.41) is 11.9. The van der Waals surface area contributed by atoms with E-state index in [1.165, 1.54) is 0 Å². The van der Waals surface area contributed by atoms with Crippen molar-refractivity contribution in [3.63, 3.8) is 0 Å². The quantitative estimate of drug-likeness (QED) is 0.345. The van der Waals surface area contributed by atoms with Crippen LogP contribution in [0.3, 0.4) is 0 Å². The molecule has 1 saturated carbocycles. The van der Waals surface area contributed by atoms with E-state index in [1.807, 2.05) is 6.92 Å². The fourth-order valence-corrected chi connectivity index (χ4v) is 3.18. The van der Waals surface area contributed by atoms with Crippen molar-refractivity contribution in [2.45, 2.75) is 57.6 Å². The lowest BCUT2D eigenvalue weighted by Crippen LogP contribution is -2.51. The molecule has 6 heteroatoms. The Morgan fingerprint density at radius 1 is 1.45 bits per heavy atom. The van der Waals surface area contributed by atoms with E-state index >= 15 is 0 Å². The summed E-state index contributed by atoms with van der Waals surface area (Å²) in [5.74, 6) is 0.703. The molecule has 0 aromatic heterocycles.